The minimum absolute atomic E-state index is 0.235. The van der Waals surface area contributed by atoms with Crippen LogP contribution in [-0.4, -0.2) is 24.6 Å². The first-order valence-corrected chi connectivity index (χ1v) is 8.82. The fraction of sp³-hybridized carbons (Fsp3) is 0.778. The van der Waals surface area contributed by atoms with Gasteiger partial charge in [-0.1, -0.05) is 35.6 Å². The number of aliphatic hydroxyl groups excluding tert-OH is 1. The Bertz CT molecular complexity index is 175. The molecule has 0 saturated carbocycles. The highest BCUT2D eigenvalue weighted by Gasteiger charge is 2.07. The molecule has 0 aromatic rings. The summed E-state index contributed by atoms with van der Waals surface area (Å²) in [6.45, 7) is 6.67. The molecule has 0 aromatic heterocycles. The van der Waals surface area contributed by atoms with E-state index in [1.165, 1.54) is 0 Å². The minimum atomic E-state index is -1.19. The lowest BCUT2D eigenvalue weighted by Crippen LogP contribution is -2.16. The topological polar surface area (TPSA) is 20.2 Å². The zero-order valence-corrected chi connectivity index (χ0v) is 10.6. The van der Waals surface area contributed by atoms with Gasteiger partial charge in [0.15, 0.2) is 0 Å². The van der Waals surface area contributed by atoms with Crippen molar-refractivity contribution in [3.63, 3.8) is 0 Å². The second-order valence-corrected chi connectivity index (χ2v) is 9.30. The molecule has 70 valence electrons. The Hall–Kier alpha value is 0.217. The summed E-state index contributed by atoms with van der Waals surface area (Å²) < 4.78 is 0. The summed E-state index contributed by atoms with van der Waals surface area (Å²) >= 11 is 3.22. The van der Waals surface area contributed by atoms with E-state index in [1.807, 2.05) is 0 Å². The fourth-order valence-corrected chi connectivity index (χ4v) is 1.62. The van der Waals surface area contributed by atoms with Gasteiger partial charge in [-0.05, 0) is 6.42 Å². The zero-order valence-electron chi connectivity index (χ0n) is 8.02. The number of halogens is 1. The number of aliphatic hydroxyl groups is 1. The average molecular weight is 249 g/mol. The lowest BCUT2D eigenvalue weighted by Gasteiger charge is -2.04. The summed E-state index contributed by atoms with van der Waals surface area (Å²) in [5.41, 5.74) is 3.26. The van der Waals surface area contributed by atoms with Crippen LogP contribution in [0.3, 0.4) is 0 Å². The number of hydrogen-bond acceptors (Lipinski definition) is 1. The molecule has 0 bridgehead atoms. The van der Waals surface area contributed by atoms with Gasteiger partial charge in [0.05, 0.1) is 6.10 Å². The highest BCUT2D eigenvalue weighted by molar-refractivity contribution is 9.09. The first-order chi connectivity index (χ1) is 5.45. The van der Waals surface area contributed by atoms with Gasteiger partial charge in [-0.25, -0.2) is 0 Å². The molecule has 0 aliphatic heterocycles. The van der Waals surface area contributed by atoms with Gasteiger partial charge in [-0.2, -0.15) is 0 Å². The summed E-state index contributed by atoms with van der Waals surface area (Å²) in [5.74, 6) is 3.12. The number of alkyl halides is 1. The van der Waals surface area contributed by atoms with E-state index < -0.39 is 8.07 Å². The third kappa shape index (κ3) is 8.31. The molecular weight excluding hydrogens is 232 g/mol. The fourth-order valence-electron chi connectivity index (χ4n) is 0.644. The predicted molar refractivity (Wildman–Crippen MR) is 60.2 cm³/mol. The van der Waals surface area contributed by atoms with Crippen molar-refractivity contribution in [2.45, 2.75) is 38.6 Å². The molecule has 0 heterocycles. The lowest BCUT2D eigenvalue weighted by molar-refractivity contribution is 0.192. The van der Waals surface area contributed by atoms with Crippen molar-refractivity contribution in [2.24, 2.45) is 0 Å². The Balaban J connectivity index is 3.60. The minimum Gasteiger partial charge on any atom is -0.392 e. The van der Waals surface area contributed by atoms with E-state index in [4.69, 9.17) is 0 Å². The first-order valence-electron chi connectivity index (χ1n) is 4.20. The van der Waals surface area contributed by atoms with Crippen LogP contribution < -0.4 is 0 Å². The van der Waals surface area contributed by atoms with E-state index in [9.17, 15) is 5.11 Å². The molecule has 3 heteroatoms. The SMILES string of the molecule is C[Si](C)(C)C#CCCC(O)CBr. The van der Waals surface area contributed by atoms with Crippen LogP contribution >= 0.6 is 15.9 Å². The Labute approximate surface area is 84.7 Å². The maximum absolute atomic E-state index is 9.18. The summed E-state index contributed by atoms with van der Waals surface area (Å²) in [6.07, 6.45) is 1.36. The Kier molecular flexibility index (Phi) is 5.90. The summed E-state index contributed by atoms with van der Waals surface area (Å²) in [5, 5.41) is 9.84. The maximum atomic E-state index is 9.18. The predicted octanol–water partition coefficient (Wildman–Crippen LogP) is 2.40. The largest absolute Gasteiger partial charge is 0.392 e. The maximum Gasteiger partial charge on any atom is 0.129 e. The molecule has 0 amide bonds. The van der Waals surface area contributed by atoms with Gasteiger partial charge in [0, 0.05) is 11.8 Å². The van der Waals surface area contributed by atoms with Crippen molar-refractivity contribution in [3.05, 3.63) is 0 Å². The normalized spacial score (nSPS) is 13.4. The van der Waals surface area contributed by atoms with Gasteiger partial charge >= 0.3 is 0 Å². The van der Waals surface area contributed by atoms with Crippen LogP contribution in [0.4, 0.5) is 0 Å². The van der Waals surface area contributed by atoms with Crippen molar-refractivity contribution >= 4 is 24.0 Å². The molecule has 0 fully saturated rings. The van der Waals surface area contributed by atoms with Gasteiger partial charge in [0.2, 0.25) is 0 Å². The van der Waals surface area contributed by atoms with E-state index in [0.717, 1.165) is 12.8 Å². The van der Waals surface area contributed by atoms with Crippen LogP contribution in [0.15, 0.2) is 0 Å². The Morgan fingerprint density at radius 2 is 2.00 bits per heavy atom. The molecule has 0 aliphatic rings. The van der Waals surface area contributed by atoms with Gasteiger partial charge in [0.1, 0.15) is 8.07 Å². The summed E-state index contributed by atoms with van der Waals surface area (Å²) in [6, 6.07) is 0. The third-order valence-corrected chi connectivity index (χ3v) is 2.92. The molecular formula is C9H17BrOSi. The second kappa shape index (κ2) is 5.79. The van der Waals surface area contributed by atoms with Crippen LogP contribution in [0.5, 0.6) is 0 Å². The van der Waals surface area contributed by atoms with E-state index >= 15 is 0 Å². The monoisotopic (exact) mass is 248 g/mol. The molecule has 0 radical (unpaired) electrons. The number of hydrogen-bond donors (Lipinski definition) is 1. The molecule has 0 rings (SSSR count). The highest BCUT2D eigenvalue weighted by atomic mass is 79.9. The molecule has 0 saturated heterocycles. The first kappa shape index (κ1) is 12.2. The lowest BCUT2D eigenvalue weighted by atomic mass is 10.2. The molecule has 12 heavy (non-hydrogen) atoms. The van der Waals surface area contributed by atoms with Crippen molar-refractivity contribution in [3.8, 4) is 11.5 Å². The van der Waals surface area contributed by atoms with Gasteiger partial charge < -0.3 is 5.11 Å². The van der Waals surface area contributed by atoms with Gasteiger partial charge in [-0.15, -0.1) is 11.5 Å². The van der Waals surface area contributed by atoms with Gasteiger partial charge in [-0.3, -0.25) is 0 Å². The van der Waals surface area contributed by atoms with Crippen LogP contribution in [0.1, 0.15) is 12.8 Å². The van der Waals surface area contributed by atoms with Crippen LogP contribution in [0.2, 0.25) is 19.6 Å². The van der Waals surface area contributed by atoms with Crippen LogP contribution in [0.25, 0.3) is 0 Å². The number of rotatable bonds is 3. The molecule has 1 unspecified atom stereocenters. The van der Waals surface area contributed by atoms with Crippen molar-refractivity contribution < 1.29 is 5.11 Å². The van der Waals surface area contributed by atoms with E-state index in [-0.39, 0.29) is 6.10 Å². The molecule has 1 nitrogen and oxygen atoms in total. The van der Waals surface area contributed by atoms with Crippen molar-refractivity contribution in [2.75, 3.05) is 5.33 Å². The Morgan fingerprint density at radius 1 is 1.42 bits per heavy atom. The summed E-state index contributed by atoms with van der Waals surface area (Å²) in [7, 11) is -1.19. The Morgan fingerprint density at radius 3 is 2.42 bits per heavy atom. The van der Waals surface area contributed by atoms with Crippen LogP contribution in [0, 0.1) is 11.5 Å². The molecule has 1 atom stereocenters. The average Bonchev–Trinajstić information content (AvgIpc) is 1.96. The smallest absolute Gasteiger partial charge is 0.129 e. The summed E-state index contributed by atoms with van der Waals surface area (Å²) in [4.78, 5) is 0. The van der Waals surface area contributed by atoms with Crippen molar-refractivity contribution in [1.82, 2.24) is 0 Å². The molecule has 0 aromatic carbocycles. The van der Waals surface area contributed by atoms with Crippen molar-refractivity contribution in [1.29, 1.82) is 0 Å². The van der Waals surface area contributed by atoms with E-state index in [1.54, 1.807) is 0 Å². The standard InChI is InChI=1S/C9H17BrOSi/c1-12(2,3)7-5-4-6-9(11)8-10/h9,11H,4,6,8H2,1-3H3. The zero-order chi connectivity index (χ0) is 9.61. The highest BCUT2D eigenvalue weighted by Crippen LogP contribution is 2.01. The molecule has 1 N–H and O–H groups in total. The van der Waals surface area contributed by atoms with Gasteiger partial charge in [0.25, 0.3) is 0 Å². The second-order valence-electron chi connectivity index (χ2n) is 3.90. The third-order valence-electron chi connectivity index (χ3n) is 1.24. The molecule has 0 aliphatic carbocycles. The molecule has 0 spiro atoms. The van der Waals surface area contributed by atoms with Crippen LogP contribution in [-0.2, 0) is 0 Å². The van der Waals surface area contributed by atoms with E-state index in [2.05, 4.69) is 47.0 Å². The quantitative estimate of drug-likeness (QED) is 0.462. The van der Waals surface area contributed by atoms with E-state index in [0.29, 0.717) is 5.33 Å².